The van der Waals surface area contributed by atoms with Crippen molar-refractivity contribution in [1.29, 1.82) is 0 Å². The van der Waals surface area contributed by atoms with Crippen molar-refractivity contribution < 1.29 is 19.1 Å². The fourth-order valence-corrected chi connectivity index (χ4v) is 3.18. The van der Waals surface area contributed by atoms with Gasteiger partial charge in [0, 0.05) is 4.88 Å². The average molecular weight is 402 g/mol. The Bertz CT molecular complexity index is 736. The number of thiophene rings is 1. The quantitative estimate of drug-likeness (QED) is 0.704. The van der Waals surface area contributed by atoms with Crippen LogP contribution in [0.4, 0.5) is 0 Å². The molecule has 0 aliphatic rings. The van der Waals surface area contributed by atoms with E-state index in [2.05, 4.69) is 5.32 Å². The lowest BCUT2D eigenvalue weighted by Gasteiger charge is -2.20. The minimum atomic E-state index is -0.823. The maximum Gasteiger partial charge on any atom is 0.307 e. The van der Waals surface area contributed by atoms with Gasteiger partial charge in [-0.3, -0.25) is 9.59 Å². The molecular formula is C17H17Cl2NO4S. The Hall–Kier alpha value is -1.76. The topological polar surface area (TPSA) is 64.6 Å². The largest absolute Gasteiger partial charge is 0.479 e. The summed E-state index contributed by atoms with van der Waals surface area (Å²) in [6, 6.07) is 8.15. The van der Waals surface area contributed by atoms with Gasteiger partial charge in [-0.15, -0.1) is 11.3 Å². The van der Waals surface area contributed by atoms with Crippen LogP contribution < -0.4 is 10.1 Å². The molecule has 5 nitrogen and oxygen atoms in total. The van der Waals surface area contributed by atoms with Crippen molar-refractivity contribution in [3.8, 4) is 5.75 Å². The highest BCUT2D eigenvalue weighted by molar-refractivity contribution is 7.10. The van der Waals surface area contributed by atoms with Crippen LogP contribution in [-0.4, -0.2) is 25.1 Å². The van der Waals surface area contributed by atoms with Crippen LogP contribution in [0.5, 0.6) is 5.75 Å². The van der Waals surface area contributed by atoms with Gasteiger partial charge in [0.25, 0.3) is 5.91 Å². The Morgan fingerprint density at radius 2 is 2.00 bits per heavy atom. The Kier molecular flexibility index (Phi) is 7.11. The number of halogens is 2. The molecule has 8 heteroatoms. The van der Waals surface area contributed by atoms with Crippen LogP contribution in [0.25, 0.3) is 0 Å². The van der Waals surface area contributed by atoms with Crippen molar-refractivity contribution in [2.45, 2.75) is 25.5 Å². The van der Waals surface area contributed by atoms with Gasteiger partial charge in [-0.25, -0.2) is 0 Å². The molecule has 0 spiro atoms. The number of methoxy groups -OCH3 is 1. The molecule has 134 valence electrons. The minimum absolute atomic E-state index is 0.0351. The van der Waals surface area contributed by atoms with Gasteiger partial charge in [0.2, 0.25) is 0 Å². The molecule has 25 heavy (non-hydrogen) atoms. The summed E-state index contributed by atoms with van der Waals surface area (Å²) in [5.74, 6) is -0.471. The number of amides is 1. The average Bonchev–Trinajstić information content (AvgIpc) is 3.12. The fraction of sp³-hybridized carbons (Fsp3) is 0.294. The molecule has 2 unspecified atom stereocenters. The smallest absolute Gasteiger partial charge is 0.307 e. The Morgan fingerprint density at radius 1 is 1.24 bits per heavy atom. The number of carbonyl (C=O) groups is 2. The number of nitrogens with one attached hydrogen (secondary N) is 1. The van der Waals surface area contributed by atoms with E-state index in [0.717, 1.165) is 4.88 Å². The molecule has 0 bridgehead atoms. The second kappa shape index (κ2) is 9.08. The second-order valence-corrected chi connectivity index (χ2v) is 6.93. The monoisotopic (exact) mass is 401 g/mol. The zero-order valence-electron chi connectivity index (χ0n) is 13.6. The van der Waals surface area contributed by atoms with Crippen LogP contribution >= 0.6 is 34.5 Å². The van der Waals surface area contributed by atoms with Crippen molar-refractivity contribution in [1.82, 2.24) is 5.32 Å². The normalized spacial score (nSPS) is 13.0. The van der Waals surface area contributed by atoms with E-state index in [-0.39, 0.29) is 17.4 Å². The van der Waals surface area contributed by atoms with E-state index in [0.29, 0.717) is 10.8 Å². The molecule has 2 rings (SSSR count). The number of hydrogen-bond acceptors (Lipinski definition) is 5. The molecular weight excluding hydrogens is 385 g/mol. The molecule has 0 fully saturated rings. The van der Waals surface area contributed by atoms with E-state index in [1.807, 2.05) is 17.5 Å². The maximum absolute atomic E-state index is 12.5. The molecule has 1 heterocycles. The van der Waals surface area contributed by atoms with E-state index in [1.165, 1.54) is 18.4 Å². The Labute approximate surface area is 159 Å². The number of esters is 1. The van der Waals surface area contributed by atoms with Gasteiger partial charge in [0.15, 0.2) is 6.10 Å². The van der Waals surface area contributed by atoms with Crippen molar-refractivity contribution >= 4 is 46.4 Å². The van der Waals surface area contributed by atoms with Crippen LogP contribution in [0, 0.1) is 0 Å². The third-order valence-corrected chi connectivity index (χ3v) is 5.18. The van der Waals surface area contributed by atoms with Crippen molar-refractivity contribution in [2.24, 2.45) is 0 Å². The zero-order valence-corrected chi connectivity index (χ0v) is 16.0. The van der Waals surface area contributed by atoms with Crippen molar-refractivity contribution in [3.63, 3.8) is 0 Å². The standard InChI is InChI=1S/C17H17Cl2NO4S/c1-10(24-13-6-3-5-11(18)16(13)19)17(22)20-12(9-15(21)23-2)14-7-4-8-25-14/h3-8,10,12H,9H2,1-2H3,(H,20,22). The lowest BCUT2D eigenvalue weighted by atomic mass is 10.1. The van der Waals surface area contributed by atoms with Gasteiger partial charge in [-0.1, -0.05) is 35.3 Å². The van der Waals surface area contributed by atoms with Crippen LogP contribution in [0.3, 0.4) is 0 Å². The zero-order chi connectivity index (χ0) is 18.4. The highest BCUT2D eigenvalue weighted by Crippen LogP contribution is 2.32. The third-order valence-electron chi connectivity index (χ3n) is 3.39. The summed E-state index contributed by atoms with van der Waals surface area (Å²) < 4.78 is 10.3. The summed E-state index contributed by atoms with van der Waals surface area (Å²) in [4.78, 5) is 24.9. The predicted molar refractivity (Wildman–Crippen MR) is 98.4 cm³/mol. The highest BCUT2D eigenvalue weighted by Gasteiger charge is 2.24. The van der Waals surface area contributed by atoms with E-state index in [9.17, 15) is 9.59 Å². The number of hydrogen-bond donors (Lipinski definition) is 1. The van der Waals surface area contributed by atoms with Crippen LogP contribution in [0.15, 0.2) is 35.7 Å². The van der Waals surface area contributed by atoms with E-state index >= 15 is 0 Å². The molecule has 2 aromatic rings. The Morgan fingerprint density at radius 3 is 2.64 bits per heavy atom. The number of rotatable bonds is 7. The molecule has 1 N–H and O–H groups in total. The molecule has 0 radical (unpaired) electrons. The van der Waals surface area contributed by atoms with Gasteiger partial charge in [-0.05, 0) is 30.5 Å². The molecule has 0 aliphatic heterocycles. The first-order valence-electron chi connectivity index (χ1n) is 7.43. The van der Waals surface area contributed by atoms with Gasteiger partial charge < -0.3 is 14.8 Å². The van der Waals surface area contributed by atoms with E-state index in [1.54, 1.807) is 25.1 Å². The molecule has 1 aromatic carbocycles. The third kappa shape index (κ3) is 5.36. The number of carbonyl (C=O) groups excluding carboxylic acids is 2. The first kappa shape index (κ1) is 19.6. The molecule has 1 amide bonds. The van der Waals surface area contributed by atoms with Gasteiger partial charge in [-0.2, -0.15) is 0 Å². The molecule has 1 aromatic heterocycles. The minimum Gasteiger partial charge on any atom is -0.479 e. The molecule has 0 saturated heterocycles. The number of benzene rings is 1. The number of ether oxygens (including phenoxy) is 2. The summed E-state index contributed by atoms with van der Waals surface area (Å²) in [5.41, 5.74) is 0. The fourth-order valence-electron chi connectivity index (χ4n) is 2.07. The van der Waals surface area contributed by atoms with Gasteiger partial charge in [0.05, 0.1) is 24.6 Å². The predicted octanol–water partition coefficient (Wildman–Crippen LogP) is 4.24. The maximum atomic E-state index is 12.5. The van der Waals surface area contributed by atoms with Crippen LogP contribution in [0.1, 0.15) is 24.3 Å². The van der Waals surface area contributed by atoms with E-state index in [4.69, 9.17) is 32.7 Å². The lowest BCUT2D eigenvalue weighted by molar-refractivity contribution is -0.141. The SMILES string of the molecule is COC(=O)CC(NC(=O)C(C)Oc1cccc(Cl)c1Cl)c1cccs1. The first-order valence-corrected chi connectivity index (χ1v) is 9.07. The van der Waals surface area contributed by atoms with Gasteiger partial charge in [0.1, 0.15) is 10.8 Å². The first-order chi connectivity index (χ1) is 11.9. The summed E-state index contributed by atoms with van der Waals surface area (Å²) >= 11 is 13.5. The lowest BCUT2D eigenvalue weighted by Crippen LogP contribution is -2.39. The molecule has 0 aliphatic carbocycles. The van der Waals surface area contributed by atoms with Crippen molar-refractivity contribution in [3.05, 3.63) is 50.6 Å². The van der Waals surface area contributed by atoms with Gasteiger partial charge >= 0.3 is 5.97 Å². The summed E-state index contributed by atoms with van der Waals surface area (Å²) in [6.07, 6.45) is -0.788. The Balaban J connectivity index is 2.06. The summed E-state index contributed by atoms with van der Waals surface area (Å²) in [5, 5.41) is 5.27. The second-order valence-electron chi connectivity index (χ2n) is 5.17. The van der Waals surface area contributed by atoms with E-state index < -0.39 is 18.1 Å². The van der Waals surface area contributed by atoms with Crippen LogP contribution in [-0.2, 0) is 14.3 Å². The van der Waals surface area contributed by atoms with Crippen LogP contribution in [0.2, 0.25) is 10.0 Å². The summed E-state index contributed by atoms with van der Waals surface area (Å²) in [6.45, 7) is 1.59. The van der Waals surface area contributed by atoms with Crippen molar-refractivity contribution in [2.75, 3.05) is 7.11 Å². The summed E-state index contributed by atoms with van der Waals surface area (Å²) in [7, 11) is 1.31. The highest BCUT2D eigenvalue weighted by atomic mass is 35.5. The molecule has 2 atom stereocenters. The molecule has 0 saturated carbocycles.